The van der Waals surface area contributed by atoms with Crippen LogP contribution in [0, 0.1) is 17.3 Å². The molecule has 88 valence electrons. The summed E-state index contributed by atoms with van der Waals surface area (Å²) in [5.74, 6) is 0.586. The Kier molecular flexibility index (Phi) is 3.77. The van der Waals surface area contributed by atoms with Crippen LogP contribution in [0.3, 0.4) is 0 Å². The molecule has 0 saturated carbocycles. The summed E-state index contributed by atoms with van der Waals surface area (Å²) in [5, 5.41) is 0. The van der Waals surface area contributed by atoms with Crippen LogP contribution in [0.15, 0.2) is 0 Å². The Morgan fingerprint density at radius 3 is 2.40 bits per heavy atom. The van der Waals surface area contributed by atoms with Crippen molar-refractivity contribution in [2.75, 3.05) is 19.6 Å². The lowest BCUT2D eigenvalue weighted by Crippen LogP contribution is -2.40. The molecule has 15 heavy (non-hydrogen) atoms. The molecule has 0 radical (unpaired) electrons. The summed E-state index contributed by atoms with van der Waals surface area (Å²) < 4.78 is 0. The number of likely N-dealkylation sites (tertiary alicyclic amines) is 1. The summed E-state index contributed by atoms with van der Waals surface area (Å²) >= 11 is 0. The van der Waals surface area contributed by atoms with Crippen molar-refractivity contribution in [2.45, 2.75) is 34.1 Å². The van der Waals surface area contributed by atoms with E-state index in [9.17, 15) is 4.79 Å². The molecule has 1 amide bonds. The zero-order chi connectivity index (χ0) is 11.6. The van der Waals surface area contributed by atoms with E-state index >= 15 is 0 Å². The molecule has 0 bridgehead atoms. The van der Waals surface area contributed by atoms with Crippen LogP contribution in [0.1, 0.15) is 34.1 Å². The number of hydrogen-bond donors (Lipinski definition) is 1. The molecule has 0 spiro atoms. The van der Waals surface area contributed by atoms with Crippen molar-refractivity contribution in [3.63, 3.8) is 0 Å². The molecule has 0 aromatic heterocycles. The molecule has 1 rings (SSSR count). The van der Waals surface area contributed by atoms with Crippen molar-refractivity contribution >= 4 is 5.91 Å². The van der Waals surface area contributed by atoms with E-state index in [1.807, 2.05) is 4.90 Å². The Morgan fingerprint density at radius 1 is 1.47 bits per heavy atom. The monoisotopic (exact) mass is 212 g/mol. The zero-order valence-electron chi connectivity index (χ0n) is 10.4. The highest BCUT2D eigenvalue weighted by Crippen LogP contribution is 2.30. The minimum Gasteiger partial charge on any atom is -0.342 e. The van der Waals surface area contributed by atoms with Crippen LogP contribution in [0.25, 0.3) is 0 Å². The molecule has 0 aromatic carbocycles. The first-order chi connectivity index (χ1) is 6.87. The standard InChI is InChI=1S/C12H24N2O/c1-9(2)10(7-13)11(15)14-6-5-12(3,4)8-14/h9-10H,5-8,13H2,1-4H3. The highest BCUT2D eigenvalue weighted by molar-refractivity contribution is 5.79. The van der Waals surface area contributed by atoms with Crippen molar-refractivity contribution in [2.24, 2.45) is 23.0 Å². The summed E-state index contributed by atoms with van der Waals surface area (Å²) in [6.45, 7) is 10.8. The van der Waals surface area contributed by atoms with E-state index in [0.29, 0.717) is 12.5 Å². The molecular formula is C12H24N2O. The van der Waals surface area contributed by atoms with Crippen LogP contribution < -0.4 is 5.73 Å². The van der Waals surface area contributed by atoms with Gasteiger partial charge in [0, 0.05) is 19.6 Å². The fourth-order valence-electron chi connectivity index (χ4n) is 2.19. The van der Waals surface area contributed by atoms with Gasteiger partial charge in [0.1, 0.15) is 0 Å². The lowest BCUT2D eigenvalue weighted by molar-refractivity contribution is -0.135. The van der Waals surface area contributed by atoms with E-state index < -0.39 is 0 Å². The fourth-order valence-corrected chi connectivity index (χ4v) is 2.19. The first-order valence-electron chi connectivity index (χ1n) is 5.86. The maximum Gasteiger partial charge on any atom is 0.227 e. The maximum atomic E-state index is 12.2. The van der Waals surface area contributed by atoms with Gasteiger partial charge in [0.05, 0.1) is 5.92 Å². The molecule has 0 aliphatic carbocycles. The van der Waals surface area contributed by atoms with Gasteiger partial charge in [0.2, 0.25) is 5.91 Å². The average Bonchev–Trinajstić information content (AvgIpc) is 2.46. The first kappa shape index (κ1) is 12.5. The molecule has 1 fully saturated rings. The molecule has 3 heteroatoms. The van der Waals surface area contributed by atoms with E-state index in [-0.39, 0.29) is 17.2 Å². The predicted octanol–water partition coefficient (Wildman–Crippen LogP) is 1.48. The van der Waals surface area contributed by atoms with Gasteiger partial charge in [0.15, 0.2) is 0 Å². The van der Waals surface area contributed by atoms with Crippen molar-refractivity contribution in [3.05, 3.63) is 0 Å². The molecule has 1 unspecified atom stereocenters. The molecule has 2 N–H and O–H groups in total. The van der Waals surface area contributed by atoms with Crippen LogP contribution in [-0.2, 0) is 4.79 Å². The summed E-state index contributed by atoms with van der Waals surface area (Å²) in [6.07, 6.45) is 1.11. The van der Waals surface area contributed by atoms with E-state index in [1.54, 1.807) is 0 Å². The van der Waals surface area contributed by atoms with Crippen LogP contribution in [0.5, 0.6) is 0 Å². The zero-order valence-corrected chi connectivity index (χ0v) is 10.4. The second-order valence-electron chi connectivity index (χ2n) is 5.76. The van der Waals surface area contributed by atoms with Gasteiger partial charge in [-0.15, -0.1) is 0 Å². The number of rotatable bonds is 3. The van der Waals surface area contributed by atoms with Crippen LogP contribution in [0.4, 0.5) is 0 Å². The van der Waals surface area contributed by atoms with E-state index in [1.165, 1.54) is 0 Å². The van der Waals surface area contributed by atoms with Gasteiger partial charge in [-0.3, -0.25) is 4.79 Å². The first-order valence-corrected chi connectivity index (χ1v) is 5.86. The minimum atomic E-state index is -0.00102. The Hall–Kier alpha value is -0.570. The Morgan fingerprint density at radius 2 is 2.07 bits per heavy atom. The van der Waals surface area contributed by atoms with Gasteiger partial charge in [0.25, 0.3) is 0 Å². The van der Waals surface area contributed by atoms with Crippen molar-refractivity contribution in [3.8, 4) is 0 Å². The molecular weight excluding hydrogens is 188 g/mol. The Balaban J connectivity index is 2.61. The van der Waals surface area contributed by atoms with E-state index in [2.05, 4.69) is 27.7 Å². The number of amides is 1. The number of hydrogen-bond acceptors (Lipinski definition) is 2. The van der Waals surface area contributed by atoms with Gasteiger partial charge in [-0.2, -0.15) is 0 Å². The largest absolute Gasteiger partial charge is 0.342 e. The Labute approximate surface area is 93.0 Å². The lowest BCUT2D eigenvalue weighted by atomic mass is 9.92. The third-order valence-corrected chi connectivity index (χ3v) is 3.36. The van der Waals surface area contributed by atoms with Crippen LogP contribution in [-0.4, -0.2) is 30.4 Å². The highest BCUT2D eigenvalue weighted by Gasteiger charge is 2.35. The number of carbonyl (C=O) groups excluding carboxylic acids is 1. The van der Waals surface area contributed by atoms with Gasteiger partial charge in [-0.05, 0) is 17.8 Å². The lowest BCUT2D eigenvalue weighted by Gasteiger charge is -2.26. The molecule has 1 aliphatic heterocycles. The quantitative estimate of drug-likeness (QED) is 0.770. The smallest absolute Gasteiger partial charge is 0.227 e. The van der Waals surface area contributed by atoms with E-state index in [0.717, 1.165) is 19.5 Å². The summed E-state index contributed by atoms with van der Waals surface area (Å²) in [6, 6.07) is 0. The summed E-state index contributed by atoms with van der Waals surface area (Å²) in [4.78, 5) is 14.1. The fraction of sp³-hybridized carbons (Fsp3) is 0.917. The van der Waals surface area contributed by atoms with Crippen LogP contribution in [0.2, 0.25) is 0 Å². The van der Waals surface area contributed by atoms with Crippen LogP contribution >= 0.6 is 0 Å². The third-order valence-electron chi connectivity index (χ3n) is 3.36. The minimum absolute atomic E-state index is 0.00102. The topological polar surface area (TPSA) is 46.3 Å². The number of nitrogens with zero attached hydrogens (tertiary/aromatic N) is 1. The molecule has 1 heterocycles. The SMILES string of the molecule is CC(C)C(CN)C(=O)N1CCC(C)(C)C1. The van der Waals surface area contributed by atoms with Gasteiger partial charge in [-0.1, -0.05) is 27.7 Å². The normalized spacial score (nSPS) is 22.1. The van der Waals surface area contributed by atoms with Gasteiger partial charge in [-0.25, -0.2) is 0 Å². The van der Waals surface area contributed by atoms with Gasteiger partial charge < -0.3 is 10.6 Å². The molecule has 1 atom stereocenters. The molecule has 1 aliphatic rings. The molecule has 3 nitrogen and oxygen atoms in total. The second kappa shape index (κ2) is 4.52. The van der Waals surface area contributed by atoms with Gasteiger partial charge >= 0.3 is 0 Å². The Bertz CT molecular complexity index is 236. The number of nitrogens with two attached hydrogens (primary N) is 1. The predicted molar refractivity (Wildman–Crippen MR) is 62.4 cm³/mol. The van der Waals surface area contributed by atoms with E-state index in [4.69, 9.17) is 5.73 Å². The average molecular weight is 212 g/mol. The summed E-state index contributed by atoms with van der Waals surface area (Å²) in [7, 11) is 0. The summed E-state index contributed by atoms with van der Waals surface area (Å²) in [5.41, 5.74) is 5.95. The van der Waals surface area contributed by atoms with Crippen molar-refractivity contribution < 1.29 is 4.79 Å². The molecule has 0 aromatic rings. The molecule has 1 saturated heterocycles. The highest BCUT2D eigenvalue weighted by atomic mass is 16.2. The van der Waals surface area contributed by atoms with Crippen molar-refractivity contribution in [1.82, 2.24) is 4.90 Å². The van der Waals surface area contributed by atoms with Crippen molar-refractivity contribution in [1.29, 1.82) is 0 Å². The second-order valence-corrected chi connectivity index (χ2v) is 5.76. The maximum absolute atomic E-state index is 12.2. The number of carbonyl (C=O) groups is 1. The third kappa shape index (κ3) is 2.94.